The molecule has 0 saturated carbocycles. The highest BCUT2D eigenvalue weighted by Crippen LogP contribution is 2.38. The van der Waals surface area contributed by atoms with Crippen molar-refractivity contribution in [3.63, 3.8) is 0 Å². The number of nitrogens with one attached hydrogen (secondary N) is 3. The van der Waals surface area contributed by atoms with Gasteiger partial charge in [0.1, 0.15) is 5.82 Å². The Bertz CT molecular complexity index is 1350. The van der Waals surface area contributed by atoms with Gasteiger partial charge in [0.05, 0.1) is 36.5 Å². The van der Waals surface area contributed by atoms with Crippen LogP contribution in [0.25, 0.3) is 11.3 Å². The number of hydrogen-bond donors (Lipinski definition) is 3. The minimum atomic E-state index is -1.45. The van der Waals surface area contributed by atoms with Crippen LogP contribution in [0.4, 0.5) is 17.2 Å². The topological polar surface area (TPSA) is 150 Å². The number of aromatic amines is 1. The Hall–Kier alpha value is -4.54. The molecule has 11 heteroatoms. The number of nitrogens with zero attached hydrogens (tertiary/aromatic N) is 3. The van der Waals surface area contributed by atoms with Gasteiger partial charge in [-0.1, -0.05) is 18.2 Å². The van der Waals surface area contributed by atoms with Gasteiger partial charge in [0, 0.05) is 48.8 Å². The van der Waals surface area contributed by atoms with Crippen LogP contribution in [0.5, 0.6) is 0 Å². The third-order valence-corrected chi connectivity index (χ3v) is 5.87. The van der Waals surface area contributed by atoms with Crippen LogP contribution in [0.1, 0.15) is 43.2 Å². The standard InChI is InChI=1S/C25H26N6O5/c1-15(32)27-20-11-16(9-10-26-20)23-24(28-17-7-5-4-6-8-17)22-18(29-23)13-30(14-19(22)33)21(34)12-25(2,3)31(35)36/h4-11,28-29H,12-14H2,1-3H3,(H,26,27,32). The van der Waals surface area contributed by atoms with Crippen LogP contribution in [0.3, 0.4) is 0 Å². The molecule has 0 aliphatic carbocycles. The van der Waals surface area contributed by atoms with E-state index in [4.69, 9.17) is 0 Å². The predicted molar refractivity (Wildman–Crippen MR) is 133 cm³/mol. The molecule has 0 unspecified atom stereocenters. The summed E-state index contributed by atoms with van der Waals surface area (Å²) in [6.45, 7) is 4.06. The Balaban J connectivity index is 1.74. The number of amides is 2. The van der Waals surface area contributed by atoms with Gasteiger partial charge in [-0.15, -0.1) is 0 Å². The number of carbonyl (C=O) groups is 3. The Labute approximate surface area is 207 Å². The van der Waals surface area contributed by atoms with E-state index >= 15 is 0 Å². The number of Topliss-reactive ketones (excluding diaryl/α,β-unsaturated/α-hetero) is 1. The summed E-state index contributed by atoms with van der Waals surface area (Å²) in [6, 6.07) is 12.8. The van der Waals surface area contributed by atoms with E-state index in [1.54, 1.807) is 18.3 Å². The van der Waals surface area contributed by atoms with E-state index in [0.717, 1.165) is 5.69 Å². The number of ketones is 1. The number of hydrogen-bond acceptors (Lipinski definition) is 7. The molecular formula is C25H26N6O5. The smallest absolute Gasteiger partial charge is 0.230 e. The number of fused-ring (bicyclic) bond motifs is 1. The summed E-state index contributed by atoms with van der Waals surface area (Å²) in [7, 11) is 0. The zero-order chi connectivity index (χ0) is 26.0. The molecule has 1 aliphatic rings. The van der Waals surface area contributed by atoms with E-state index in [2.05, 4.69) is 20.6 Å². The Morgan fingerprint density at radius 2 is 1.92 bits per heavy atom. The van der Waals surface area contributed by atoms with Crippen molar-refractivity contribution in [1.82, 2.24) is 14.9 Å². The third-order valence-electron chi connectivity index (χ3n) is 5.87. The van der Waals surface area contributed by atoms with Gasteiger partial charge in [0.15, 0.2) is 5.78 Å². The van der Waals surface area contributed by atoms with Gasteiger partial charge in [-0.25, -0.2) is 4.98 Å². The highest BCUT2D eigenvalue weighted by Gasteiger charge is 2.38. The van der Waals surface area contributed by atoms with Crippen molar-refractivity contribution >= 4 is 34.8 Å². The lowest BCUT2D eigenvalue weighted by Crippen LogP contribution is -2.44. The van der Waals surface area contributed by atoms with Crippen molar-refractivity contribution in [2.45, 2.75) is 39.3 Å². The molecule has 0 radical (unpaired) electrons. The number of benzene rings is 1. The number of nitro groups is 1. The zero-order valence-electron chi connectivity index (χ0n) is 20.1. The third kappa shape index (κ3) is 5.09. The van der Waals surface area contributed by atoms with Crippen LogP contribution in [0.15, 0.2) is 48.7 Å². The van der Waals surface area contributed by atoms with Gasteiger partial charge in [-0.3, -0.25) is 24.5 Å². The summed E-state index contributed by atoms with van der Waals surface area (Å²) in [6.07, 6.45) is 1.22. The summed E-state index contributed by atoms with van der Waals surface area (Å²) >= 11 is 0. The maximum Gasteiger partial charge on any atom is 0.230 e. The number of para-hydroxylation sites is 1. The Kier molecular flexibility index (Phi) is 6.56. The Morgan fingerprint density at radius 1 is 1.19 bits per heavy atom. The number of aromatic nitrogens is 2. The van der Waals surface area contributed by atoms with Crippen LogP contribution in [0.2, 0.25) is 0 Å². The average Bonchev–Trinajstić information content (AvgIpc) is 3.18. The van der Waals surface area contributed by atoms with Crippen LogP contribution >= 0.6 is 0 Å². The Morgan fingerprint density at radius 3 is 2.58 bits per heavy atom. The second-order valence-electron chi connectivity index (χ2n) is 9.25. The van der Waals surface area contributed by atoms with Gasteiger partial charge in [-0.2, -0.15) is 0 Å². The van der Waals surface area contributed by atoms with Crippen molar-refractivity contribution < 1.29 is 19.3 Å². The van der Waals surface area contributed by atoms with Crippen molar-refractivity contribution in [3.05, 3.63) is 70.0 Å². The van der Waals surface area contributed by atoms with Crippen molar-refractivity contribution in [1.29, 1.82) is 0 Å². The van der Waals surface area contributed by atoms with E-state index < -0.39 is 16.4 Å². The normalized spacial score (nSPS) is 13.2. The van der Waals surface area contributed by atoms with E-state index in [1.165, 1.54) is 25.7 Å². The first-order valence-corrected chi connectivity index (χ1v) is 11.3. The lowest BCUT2D eigenvalue weighted by Gasteiger charge is -2.28. The highest BCUT2D eigenvalue weighted by molar-refractivity contribution is 6.09. The number of H-pyrrole nitrogens is 1. The monoisotopic (exact) mass is 490 g/mol. The fraction of sp³-hybridized carbons (Fsp3) is 0.280. The second kappa shape index (κ2) is 9.61. The van der Waals surface area contributed by atoms with E-state index in [-0.39, 0.29) is 31.2 Å². The first-order chi connectivity index (χ1) is 17.0. The molecule has 2 aromatic heterocycles. The zero-order valence-corrected chi connectivity index (χ0v) is 20.1. The molecule has 186 valence electrons. The van der Waals surface area contributed by atoms with Crippen LogP contribution < -0.4 is 10.6 Å². The minimum Gasteiger partial charge on any atom is -0.355 e. The van der Waals surface area contributed by atoms with Crippen LogP contribution in [-0.2, 0) is 16.1 Å². The van der Waals surface area contributed by atoms with Crippen LogP contribution in [0, 0.1) is 10.1 Å². The van der Waals surface area contributed by atoms with Gasteiger partial charge < -0.3 is 20.5 Å². The van der Waals surface area contributed by atoms with Gasteiger partial charge in [0.25, 0.3) is 0 Å². The summed E-state index contributed by atoms with van der Waals surface area (Å²) in [5.41, 5.74) is 2.05. The molecule has 3 N–H and O–H groups in total. The minimum absolute atomic E-state index is 0.0980. The molecule has 1 aromatic carbocycles. The number of carbonyl (C=O) groups excluding carboxylic acids is 3. The summed E-state index contributed by atoms with van der Waals surface area (Å²) in [4.78, 5) is 57.3. The average molecular weight is 491 g/mol. The lowest BCUT2D eigenvalue weighted by atomic mass is 9.98. The van der Waals surface area contributed by atoms with Crippen molar-refractivity contribution in [2.24, 2.45) is 0 Å². The molecule has 1 aliphatic heterocycles. The SMILES string of the molecule is CC(=O)Nc1cc(-c2[nH]c3c(c2Nc2ccccc2)C(=O)CN(C(=O)CC(C)(C)[N+](=O)[O-])C3)ccn1. The van der Waals surface area contributed by atoms with Gasteiger partial charge in [0.2, 0.25) is 17.4 Å². The highest BCUT2D eigenvalue weighted by atomic mass is 16.6. The molecule has 0 bridgehead atoms. The molecule has 0 saturated heterocycles. The fourth-order valence-corrected chi connectivity index (χ4v) is 4.04. The second-order valence-corrected chi connectivity index (χ2v) is 9.25. The van der Waals surface area contributed by atoms with Crippen molar-refractivity contribution in [3.8, 4) is 11.3 Å². The molecule has 2 amide bonds. The van der Waals surface area contributed by atoms with Gasteiger partial charge >= 0.3 is 0 Å². The maximum absolute atomic E-state index is 13.3. The maximum atomic E-state index is 13.3. The van der Waals surface area contributed by atoms with E-state index in [1.807, 2.05) is 30.3 Å². The molecule has 3 aromatic rings. The van der Waals surface area contributed by atoms with Gasteiger partial charge in [-0.05, 0) is 24.3 Å². The number of pyridine rings is 1. The van der Waals surface area contributed by atoms with E-state index in [9.17, 15) is 24.5 Å². The molecule has 0 atom stereocenters. The van der Waals surface area contributed by atoms with E-state index in [0.29, 0.717) is 34.0 Å². The first-order valence-electron chi connectivity index (χ1n) is 11.3. The number of rotatable bonds is 7. The molecule has 3 heterocycles. The molecule has 11 nitrogen and oxygen atoms in total. The lowest BCUT2D eigenvalue weighted by molar-refractivity contribution is -0.559. The number of anilines is 3. The molecule has 36 heavy (non-hydrogen) atoms. The summed E-state index contributed by atoms with van der Waals surface area (Å²) < 4.78 is 0. The molecule has 4 rings (SSSR count). The fourth-order valence-electron chi connectivity index (χ4n) is 4.04. The summed E-state index contributed by atoms with van der Waals surface area (Å²) in [5, 5.41) is 17.3. The van der Waals surface area contributed by atoms with Crippen molar-refractivity contribution in [2.75, 3.05) is 17.2 Å². The predicted octanol–water partition coefficient (Wildman–Crippen LogP) is 3.75. The summed E-state index contributed by atoms with van der Waals surface area (Å²) in [5.74, 6) is -0.680. The largest absolute Gasteiger partial charge is 0.355 e. The first kappa shape index (κ1) is 24.6. The molecular weight excluding hydrogens is 464 g/mol. The molecule has 0 fully saturated rings. The molecule has 0 spiro atoms. The quantitative estimate of drug-likeness (QED) is 0.337. The van der Waals surface area contributed by atoms with Crippen LogP contribution in [-0.4, -0.2) is 49.5 Å².